The largest absolute Gasteiger partial charge is 0.337 e. The first-order valence-corrected chi connectivity index (χ1v) is 6.60. The number of nitrogens with zero attached hydrogens (tertiary/aromatic N) is 3. The number of hydrogen-bond acceptors (Lipinski definition) is 4. The predicted octanol–water partition coefficient (Wildman–Crippen LogP) is 3.78. The van der Waals surface area contributed by atoms with Crippen molar-refractivity contribution in [1.82, 2.24) is 10.2 Å². The highest BCUT2D eigenvalue weighted by molar-refractivity contribution is 9.10. The Morgan fingerprint density at radius 1 is 1.16 bits per heavy atom. The standard InChI is InChI=1S/C14H13BrN4/c1-8-10(3)18-19-14(11(8)7-16)17-13-6-4-5-12(15)9(13)2/h4-6H,1-3H3,(H,17,19). The van der Waals surface area contributed by atoms with E-state index in [2.05, 4.69) is 37.5 Å². The molecule has 0 aliphatic carbocycles. The molecule has 0 fully saturated rings. The summed E-state index contributed by atoms with van der Waals surface area (Å²) in [6.45, 7) is 5.71. The van der Waals surface area contributed by atoms with Crippen LogP contribution in [-0.2, 0) is 0 Å². The molecule has 0 aliphatic heterocycles. The number of rotatable bonds is 2. The number of aromatic nitrogens is 2. The van der Waals surface area contributed by atoms with E-state index in [0.29, 0.717) is 11.4 Å². The first kappa shape index (κ1) is 13.5. The molecule has 4 nitrogen and oxygen atoms in total. The van der Waals surface area contributed by atoms with E-state index in [0.717, 1.165) is 27.0 Å². The highest BCUT2D eigenvalue weighted by atomic mass is 79.9. The SMILES string of the molecule is Cc1nnc(Nc2cccc(Br)c2C)c(C#N)c1C. The quantitative estimate of drug-likeness (QED) is 0.915. The summed E-state index contributed by atoms with van der Waals surface area (Å²) in [6.07, 6.45) is 0. The Balaban J connectivity index is 2.48. The Morgan fingerprint density at radius 2 is 1.89 bits per heavy atom. The van der Waals surface area contributed by atoms with Gasteiger partial charge in [0.1, 0.15) is 11.6 Å². The van der Waals surface area contributed by atoms with Crippen molar-refractivity contribution in [2.45, 2.75) is 20.8 Å². The molecule has 0 amide bonds. The number of anilines is 2. The smallest absolute Gasteiger partial charge is 0.171 e. The van der Waals surface area contributed by atoms with Gasteiger partial charge in [-0.25, -0.2) is 0 Å². The topological polar surface area (TPSA) is 61.6 Å². The first-order chi connectivity index (χ1) is 9.04. The van der Waals surface area contributed by atoms with Crippen molar-refractivity contribution in [2.24, 2.45) is 0 Å². The van der Waals surface area contributed by atoms with Crippen LogP contribution in [0.15, 0.2) is 22.7 Å². The van der Waals surface area contributed by atoms with Gasteiger partial charge in [-0.3, -0.25) is 0 Å². The molecule has 0 atom stereocenters. The van der Waals surface area contributed by atoms with Gasteiger partial charge >= 0.3 is 0 Å². The van der Waals surface area contributed by atoms with Gasteiger partial charge < -0.3 is 5.32 Å². The van der Waals surface area contributed by atoms with Gasteiger partial charge in [0, 0.05) is 10.2 Å². The molecule has 2 rings (SSSR count). The third-order valence-electron chi connectivity index (χ3n) is 3.09. The van der Waals surface area contributed by atoms with Gasteiger partial charge in [-0.05, 0) is 44.0 Å². The van der Waals surface area contributed by atoms with Gasteiger partial charge in [-0.1, -0.05) is 22.0 Å². The van der Waals surface area contributed by atoms with E-state index in [1.807, 2.05) is 39.0 Å². The number of nitriles is 1. The highest BCUT2D eigenvalue weighted by Crippen LogP contribution is 2.27. The van der Waals surface area contributed by atoms with Gasteiger partial charge in [0.25, 0.3) is 0 Å². The lowest BCUT2D eigenvalue weighted by Gasteiger charge is -2.12. The summed E-state index contributed by atoms with van der Waals surface area (Å²) in [7, 11) is 0. The third-order valence-corrected chi connectivity index (χ3v) is 3.95. The number of halogens is 1. The van der Waals surface area contributed by atoms with E-state index < -0.39 is 0 Å². The van der Waals surface area contributed by atoms with Crippen molar-refractivity contribution >= 4 is 27.4 Å². The van der Waals surface area contributed by atoms with Gasteiger partial charge in [-0.2, -0.15) is 10.4 Å². The summed E-state index contributed by atoms with van der Waals surface area (Å²) >= 11 is 3.48. The average molecular weight is 317 g/mol. The summed E-state index contributed by atoms with van der Waals surface area (Å²) in [5.74, 6) is 0.492. The number of nitrogens with one attached hydrogen (secondary N) is 1. The molecule has 0 spiro atoms. The van der Waals surface area contributed by atoms with E-state index >= 15 is 0 Å². The summed E-state index contributed by atoms with van der Waals surface area (Å²) in [4.78, 5) is 0. The zero-order chi connectivity index (χ0) is 14.0. The molecule has 1 aromatic carbocycles. The summed E-state index contributed by atoms with van der Waals surface area (Å²) in [5, 5.41) is 20.6. The zero-order valence-electron chi connectivity index (χ0n) is 11.0. The molecule has 2 aromatic rings. The molecule has 0 bridgehead atoms. The first-order valence-electron chi connectivity index (χ1n) is 5.80. The minimum absolute atomic E-state index is 0.492. The van der Waals surface area contributed by atoms with Crippen LogP contribution in [0.4, 0.5) is 11.5 Å². The van der Waals surface area contributed by atoms with E-state index in [4.69, 9.17) is 0 Å². The fraction of sp³-hybridized carbons (Fsp3) is 0.214. The normalized spacial score (nSPS) is 10.1. The van der Waals surface area contributed by atoms with Gasteiger partial charge in [-0.15, -0.1) is 5.10 Å². The highest BCUT2D eigenvalue weighted by Gasteiger charge is 2.12. The van der Waals surface area contributed by atoms with Crippen molar-refractivity contribution in [3.05, 3.63) is 45.1 Å². The number of aryl methyl sites for hydroxylation is 1. The number of hydrogen-bond donors (Lipinski definition) is 1. The molecule has 0 unspecified atom stereocenters. The second-order valence-electron chi connectivity index (χ2n) is 4.28. The molecule has 96 valence electrons. The van der Waals surface area contributed by atoms with Crippen LogP contribution in [0.3, 0.4) is 0 Å². The van der Waals surface area contributed by atoms with Crippen LogP contribution in [0.1, 0.15) is 22.4 Å². The van der Waals surface area contributed by atoms with Crippen LogP contribution in [0.2, 0.25) is 0 Å². The van der Waals surface area contributed by atoms with Gasteiger partial charge in [0.2, 0.25) is 0 Å². The Kier molecular flexibility index (Phi) is 3.82. The fourth-order valence-electron chi connectivity index (χ4n) is 1.70. The minimum atomic E-state index is 0.492. The summed E-state index contributed by atoms with van der Waals surface area (Å²) in [6, 6.07) is 8.03. The summed E-state index contributed by atoms with van der Waals surface area (Å²) < 4.78 is 1.01. The second-order valence-corrected chi connectivity index (χ2v) is 5.14. The van der Waals surface area contributed by atoms with Gasteiger partial charge in [0.05, 0.1) is 5.69 Å². The molecular formula is C14H13BrN4. The second kappa shape index (κ2) is 5.37. The Bertz CT molecular complexity index is 674. The maximum absolute atomic E-state index is 9.26. The monoisotopic (exact) mass is 316 g/mol. The lowest BCUT2D eigenvalue weighted by molar-refractivity contribution is 0.960. The molecule has 19 heavy (non-hydrogen) atoms. The Hall–Kier alpha value is -1.93. The molecule has 0 radical (unpaired) electrons. The average Bonchev–Trinajstić information content (AvgIpc) is 2.39. The van der Waals surface area contributed by atoms with Gasteiger partial charge in [0.15, 0.2) is 5.82 Å². The third kappa shape index (κ3) is 2.59. The zero-order valence-corrected chi connectivity index (χ0v) is 12.5. The van der Waals surface area contributed by atoms with Crippen molar-refractivity contribution in [3.8, 4) is 6.07 Å². The van der Waals surface area contributed by atoms with Crippen molar-refractivity contribution < 1.29 is 0 Å². The van der Waals surface area contributed by atoms with Crippen LogP contribution in [0.5, 0.6) is 0 Å². The van der Waals surface area contributed by atoms with Crippen molar-refractivity contribution in [2.75, 3.05) is 5.32 Å². The van der Waals surface area contributed by atoms with Crippen molar-refractivity contribution in [1.29, 1.82) is 5.26 Å². The molecular weight excluding hydrogens is 304 g/mol. The lowest BCUT2D eigenvalue weighted by Crippen LogP contribution is -2.04. The molecule has 0 saturated carbocycles. The molecule has 0 aliphatic rings. The fourth-order valence-corrected chi connectivity index (χ4v) is 2.07. The lowest BCUT2D eigenvalue weighted by atomic mass is 10.1. The molecule has 1 aromatic heterocycles. The molecule has 5 heteroatoms. The Morgan fingerprint density at radius 3 is 2.58 bits per heavy atom. The number of benzene rings is 1. The van der Waals surface area contributed by atoms with Crippen LogP contribution < -0.4 is 5.32 Å². The molecule has 1 N–H and O–H groups in total. The predicted molar refractivity (Wildman–Crippen MR) is 78.4 cm³/mol. The van der Waals surface area contributed by atoms with Crippen LogP contribution >= 0.6 is 15.9 Å². The van der Waals surface area contributed by atoms with Crippen molar-refractivity contribution in [3.63, 3.8) is 0 Å². The minimum Gasteiger partial charge on any atom is -0.337 e. The molecule has 0 saturated heterocycles. The van der Waals surface area contributed by atoms with Crippen LogP contribution in [0.25, 0.3) is 0 Å². The maximum Gasteiger partial charge on any atom is 0.171 e. The Labute approximate surface area is 120 Å². The van der Waals surface area contributed by atoms with E-state index in [9.17, 15) is 5.26 Å². The van der Waals surface area contributed by atoms with E-state index in [-0.39, 0.29) is 0 Å². The van der Waals surface area contributed by atoms with E-state index in [1.165, 1.54) is 0 Å². The molecule has 1 heterocycles. The van der Waals surface area contributed by atoms with Crippen LogP contribution in [-0.4, -0.2) is 10.2 Å². The summed E-state index contributed by atoms with van der Waals surface area (Å²) in [5.41, 5.74) is 4.13. The maximum atomic E-state index is 9.26. The van der Waals surface area contributed by atoms with E-state index in [1.54, 1.807) is 0 Å². The van der Waals surface area contributed by atoms with Crippen LogP contribution in [0, 0.1) is 32.1 Å².